The van der Waals surface area contributed by atoms with Gasteiger partial charge < -0.3 is 15.0 Å². The summed E-state index contributed by atoms with van der Waals surface area (Å²) in [5.74, 6) is 1.90. The molecule has 0 spiro atoms. The van der Waals surface area contributed by atoms with E-state index in [-0.39, 0.29) is 11.8 Å². The molecule has 1 aromatic rings. The molecular weight excluding hydrogens is 342 g/mol. The molecule has 0 saturated carbocycles. The normalized spacial score (nSPS) is 31.5. The first-order valence-corrected chi connectivity index (χ1v) is 10.0. The van der Waals surface area contributed by atoms with Gasteiger partial charge in [-0.25, -0.2) is 0 Å². The molecule has 6 heteroatoms. The van der Waals surface area contributed by atoms with Crippen molar-refractivity contribution >= 4 is 11.8 Å². The van der Waals surface area contributed by atoms with Gasteiger partial charge in [-0.3, -0.25) is 14.5 Å². The molecule has 6 nitrogen and oxygen atoms in total. The fraction of sp³-hybridized carbons (Fsp3) is 0.619. The van der Waals surface area contributed by atoms with Gasteiger partial charge in [-0.1, -0.05) is 12.1 Å². The van der Waals surface area contributed by atoms with Crippen LogP contribution < -0.4 is 10.1 Å². The summed E-state index contributed by atoms with van der Waals surface area (Å²) in [6, 6.07) is 9.05. The number of methoxy groups -OCH3 is 1. The maximum atomic E-state index is 13.0. The SMILES string of the molecule is COc1ccc([C@H]2CN(C(=O)CCNC(C)=O)[C@H]3C4CCN(CC4)[C@@H]23)cc1. The minimum absolute atomic E-state index is 0.0824. The Kier molecular flexibility index (Phi) is 5.08. The average Bonchev–Trinajstić information content (AvgIpc) is 3.11. The van der Waals surface area contributed by atoms with Crippen LogP contribution in [0.3, 0.4) is 0 Å². The Hall–Kier alpha value is -2.08. The Balaban J connectivity index is 1.56. The zero-order chi connectivity index (χ0) is 19.0. The summed E-state index contributed by atoms with van der Waals surface area (Å²) in [7, 11) is 1.68. The number of hydrogen-bond donors (Lipinski definition) is 1. The predicted molar refractivity (Wildman–Crippen MR) is 103 cm³/mol. The fourth-order valence-corrected chi connectivity index (χ4v) is 5.34. The summed E-state index contributed by atoms with van der Waals surface area (Å²) in [6.07, 6.45) is 2.75. The van der Waals surface area contributed by atoms with E-state index in [9.17, 15) is 9.59 Å². The molecule has 4 saturated heterocycles. The topological polar surface area (TPSA) is 61.9 Å². The van der Waals surface area contributed by atoms with Crippen LogP contribution in [0.1, 0.15) is 37.7 Å². The average molecular weight is 371 g/mol. The van der Waals surface area contributed by atoms with Crippen molar-refractivity contribution in [2.45, 2.75) is 44.2 Å². The Labute approximate surface area is 160 Å². The summed E-state index contributed by atoms with van der Waals surface area (Å²) in [5, 5.41) is 2.75. The van der Waals surface area contributed by atoms with Gasteiger partial charge in [-0.05, 0) is 49.5 Å². The molecule has 2 bridgehead atoms. The quantitative estimate of drug-likeness (QED) is 0.854. The van der Waals surface area contributed by atoms with E-state index in [0.717, 1.165) is 25.4 Å². The lowest BCUT2D eigenvalue weighted by Gasteiger charge is -2.51. The van der Waals surface area contributed by atoms with Crippen LogP contribution in [-0.2, 0) is 9.59 Å². The molecule has 0 radical (unpaired) electrons. The van der Waals surface area contributed by atoms with Crippen molar-refractivity contribution in [3.63, 3.8) is 0 Å². The number of amides is 2. The van der Waals surface area contributed by atoms with Crippen molar-refractivity contribution in [2.24, 2.45) is 5.92 Å². The zero-order valence-corrected chi connectivity index (χ0v) is 16.2. The minimum Gasteiger partial charge on any atom is -0.497 e. The van der Waals surface area contributed by atoms with Crippen molar-refractivity contribution in [2.75, 3.05) is 33.3 Å². The number of nitrogens with one attached hydrogen (secondary N) is 1. The number of benzene rings is 1. The van der Waals surface area contributed by atoms with E-state index in [1.807, 2.05) is 12.1 Å². The molecule has 27 heavy (non-hydrogen) atoms. The number of carbonyl (C=O) groups is 2. The Morgan fingerprint density at radius 3 is 2.48 bits per heavy atom. The van der Waals surface area contributed by atoms with Crippen LogP contribution in [-0.4, -0.2) is 67.0 Å². The first kappa shape index (κ1) is 18.3. The Morgan fingerprint density at radius 2 is 1.85 bits per heavy atom. The maximum Gasteiger partial charge on any atom is 0.224 e. The number of carbonyl (C=O) groups excluding carboxylic acids is 2. The third-order valence-corrected chi connectivity index (χ3v) is 6.57. The highest BCUT2D eigenvalue weighted by Gasteiger charge is 2.54. The van der Waals surface area contributed by atoms with E-state index in [0.29, 0.717) is 36.9 Å². The van der Waals surface area contributed by atoms with Crippen molar-refractivity contribution in [1.82, 2.24) is 15.1 Å². The van der Waals surface area contributed by atoms with E-state index in [4.69, 9.17) is 4.74 Å². The van der Waals surface area contributed by atoms with Gasteiger partial charge >= 0.3 is 0 Å². The lowest BCUT2D eigenvalue weighted by Crippen LogP contribution is -2.60. The standard InChI is InChI=1S/C21H29N3O3/c1-14(25)22-10-7-19(26)24-13-18(15-3-5-17(27-2)6-4-15)21-20(24)16-8-11-23(21)12-9-16/h3-6,16,18,20-21H,7-13H2,1-2H3,(H,22,25)/t18-,20+,21+/m1/s1. The smallest absolute Gasteiger partial charge is 0.224 e. The van der Waals surface area contributed by atoms with Gasteiger partial charge in [0.05, 0.1) is 13.2 Å². The van der Waals surface area contributed by atoms with E-state index in [2.05, 4.69) is 27.2 Å². The summed E-state index contributed by atoms with van der Waals surface area (Å²) in [5.41, 5.74) is 1.29. The number of piperidine rings is 3. The monoisotopic (exact) mass is 371 g/mol. The Morgan fingerprint density at radius 1 is 1.15 bits per heavy atom. The summed E-state index contributed by atoms with van der Waals surface area (Å²) in [6.45, 7) is 4.97. The van der Waals surface area contributed by atoms with Crippen molar-refractivity contribution in [3.8, 4) is 5.75 Å². The lowest BCUT2D eigenvalue weighted by atomic mass is 9.75. The second-order valence-corrected chi connectivity index (χ2v) is 8.01. The lowest BCUT2D eigenvalue weighted by molar-refractivity contribution is -0.135. The highest BCUT2D eigenvalue weighted by atomic mass is 16.5. The van der Waals surface area contributed by atoms with E-state index < -0.39 is 0 Å². The molecule has 5 rings (SSSR count). The first-order chi connectivity index (χ1) is 13.1. The van der Waals surface area contributed by atoms with Crippen molar-refractivity contribution in [3.05, 3.63) is 29.8 Å². The molecule has 4 aliphatic heterocycles. The molecule has 4 heterocycles. The molecule has 1 N–H and O–H groups in total. The maximum absolute atomic E-state index is 13.0. The van der Waals surface area contributed by atoms with E-state index >= 15 is 0 Å². The van der Waals surface area contributed by atoms with Crippen molar-refractivity contribution in [1.29, 1.82) is 0 Å². The van der Waals surface area contributed by atoms with Gasteiger partial charge in [0.25, 0.3) is 0 Å². The molecule has 2 amide bonds. The fourth-order valence-electron chi connectivity index (χ4n) is 5.34. The second kappa shape index (κ2) is 7.50. The number of fused-ring (bicyclic) bond motifs is 2. The highest BCUT2D eigenvalue weighted by Crippen LogP contribution is 2.46. The van der Waals surface area contributed by atoms with Crippen molar-refractivity contribution < 1.29 is 14.3 Å². The first-order valence-electron chi connectivity index (χ1n) is 10.0. The summed E-state index contributed by atoms with van der Waals surface area (Å²) >= 11 is 0. The summed E-state index contributed by atoms with van der Waals surface area (Å²) in [4.78, 5) is 28.8. The molecule has 4 fully saturated rings. The number of rotatable bonds is 5. The molecule has 146 valence electrons. The van der Waals surface area contributed by atoms with Gasteiger partial charge in [0, 0.05) is 38.4 Å². The second-order valence-electron chi connectivity index (χ2n) is 8.01. The van der Waals surface area contributed by atoms with Gasteiger partial charge in [-0.15, -0.1) is 0 Å². The number of likely N-dealkylation sites (tertiary alicyclic amines) is 1. The molecule has 0 unspecified atom stereocenters. The number of ether oxygens (including phenoxy) is 1. The molecule has 1 aromatic carbocycles. The zero-order valence-electron chi connectivity index (χ0n) is 16.2. The highest BCUT2D eigenvalue weighted by molar-refractivity contribution is 5.79. The van der Waals surface area contributed by atoms with Crippen LogP contribution in [0.5, 0.6) is 5.75 Å². The van der Waals surface area contributed by atoms with E-state index in [1.54, 1.807) is 7.11 Å². The molecule has 0 aromatic heterocycles. The van der Waals surface area contributed by atoms with Crippen LogP contribution in [0.25, 0.3) is 0 Å². The molecule has 4 aliphatic rings. The van der Waals surface area contributed by atoms with Crippen LogP contribution in [0.15, 0.2) is 24.3 Å². The third-order valence-electron chi connectivity index (χ3n) is 6.57. The van der Waals surface area contributed by atoms with Crippen LogP contribution in [0, 0.1) is 5.92 Å². The number of nitrogens with zero attached hydrogens (tertiary/aromatic N) is 2. The Bertz CT molecular complexity index is 697. The minimum atomic E-state index is -0.0824. The predicted octanol–water partition coefficient (Wildman–Crippen LogP) is 1.61. The van der Waals surface area contributed by atoms with Gasteiger partial charge in [0.1, 0.15) is 5.75 Å². The van der Waals surface area contributed by atoms with Crippen LogP contribution >= 0.6 is 0 Å². The molecule has 0 aliphatic carbocycles. The van der Waals surface area contributed by atoms with Gasteiger partial charge in [0.15, 0.2) is 0 Å². The van der Waals surface area contributed by atoms with Crippen LogP contribution in [0.2, 0.25) is 0 Å². The molecular formula is C21H29N3O3. The van der Waals surface area contributed by atoms with Gasteiger partial charge in [-0.2, -0.15) is 0 Å². The van der Waals surface area contributed by atoms with Crippen LogP contribution in [0.4, 0.5) is 0 Å². The van der Waals surface area contributed by atoms with Gasteiger partial charge in [0.2, 0.25) is 11.8 Å². The van der Waals surface area contributed by atoms with E-state index in [1.165, 1.54) is 25.3 Å². The third kappa shape index (κ3) is 3.43. The number of hydrogen-bond acceptors (Lipinski definition) is 4. The molecule has 3 atom stereocenters. The largest absolute Gasteiger partial charge is 0.497 e. The summed E-state index contributed by atoms with van der Waals surface area (Å²) < 4.78 is 5.30.